The highest BCUT2D eigenvalue weighted by atomic mass is 32.2. The number of pyridine rings is 1. The van der Waals surface area contributed by atoms with Gasteiger partial charge in [0.25, 0.3) is 0 Å². The highest BCUT2D eigenvalue weighted by Gasteiger charge is 2.21. The molecule has 1 amide bonds. The third-order valence-electron chi connectivity index (χ3n) is 3.48. The van der Waals surface area contributed by atoms with Crippen molar-refractivity contribution < 1.29 is 9.00 Å². The number of imidazole rings is 1. The van der Waals surface area contributed by atoms with Crippen LogP contribution >= 0.6 is 0 Å². The van der Waals surface area contributed by atoms with E-state index in [1.54, 1.807) is 6.92 Å². The number of rotatable bonds is 6. The summed E-state index contributed by atoms with van der Waals surface area (Å²) >= 11 is 0. The molecule has 5 nitrogen and oxygen atoms in total. The van der Waals surface area contributed by atoms with Crippen molar-refractivity contribution in [2.24, 2.45) is 5.92 Å². The topological polar surface area (TPSA) is 63.5 Å². The fourth-order valence-electron chi connectivity index (χ4n) is 2.11. The number of hydrogen-bond donors (Lipinski definition) is 1. The highest BCUT2D eigenvalue weighted by molar-refractivity contribution is 7.85. The minimum absolute atomic E-state index is 0.160. The van der Waals surface area contributed by atoms with Gasteiger partial charge < -0.3 is 9.72 Å². The fraction of sp³-hybridized carbons (Fsp3) is 0.500. The maximum absolute atomic E-state index is 12.4. The minimum Gasteiger partial charge on any atom is -0.355 e. The van der Waals surface area contributed by atoms with Gasteiger partial charge in [0.05, 0.1) is 11.4 Å². The van der Waals surface area contributed by atoms with Crippen LogP contribution in [0.5, 0.6) is 0 Å². The molecule has 0 unspecified atom stereocenters. The Labute approximate surface area is 133 Å². The number of hydrogen-bond acceptors (Lipinski definition) is 3. The molecule has 6 heteroatoms. The molecule has 0 aliphatic carbocycles. The molecule has 2 heterocycles. The molecule has 0 spiro atoms. The summed E-state index contributed by atoms with van der Waals surface area (Å²) in [6.45, 7) is 8.36. The summed E-state index contributed by atoms with van der Waals surface area (Å²) in [5, 5.41) is 2.29. The number of carbonyl (C=O) groups excluding carboxylic acids is 1. The normalized spacial score (nSPS) is 14.2. The van der Waals surface area contributed by atoms with E-state index in [0.717, 1.165) is 17.0 Å². The molecular weight excluding hydrogens is 298 g/mol. The summed E-state index contributed by atoms with van der Waals surface area (Å²) in [5.74, 6) is 0.509. The molecule has 2 aromatic rings. The molecule has 120 valence electrons. The van der Waals surface area contributed by atoms with Crippen LogP contribution in [0.15, 0.2) is 24.4 Å². The Hall–Kier alpha value is -1.69. The summed E-state index contributed by atoms with van der Waals surface area (Å²) in [4.78, 5) is 16.4. The van der Waals surface area contributed by atoms with Crippen LogP contribution in [0, 0.1) is 12.8 Å². The van der Waals surface area contributed by atoms with E-state index in [-0.39, 0.29) is 11.7 Å². The lowest BCUT2D eigenvalue weighted by atomic mass is 10.2. The van der Waals surface area contributed by atoms with Crippen molar-refractivity contribution in [2.45, 2.75) is 38.7 Å². The van der Waals surface area contributed by atoms with Gasteiger partial charge in [0.1, 0.15) is 10.9 Å². The number of nitrogens with zero attached hydrogens (tertiary/aromatic N) is 2. The monoisotopic (exact) mass is 321 g/mol. The maximum Gasteiger partial charge on any atom is 0.235 e. The first-order valence-corrected chi connectivity index (χ1v) is 8.85. The third kappa shape index (κ3) is 3.94. The summed E-state index contributed by atoms with van der Waals surface area (Å²) in [6, 6.07) is 5.86. The van der Waals surface area contributed by atoms with Gasteiger partial charge in [0, 0.05) is 29.2 Å². The van der Waals surface area contributed by atoms with Crippen molar-refractivity contribution in [1.82, 2.24) is 14.7 Å². The van der Waals surface area contributed by atoms with Gasteiger partial charge in [-0.3, -0.25) is 9.00 Å². The SMILES string of the molecule is Cc1cccc2nc(C[S@@](=O)[C@@H](C)C(=O)NCC(C)C)cn12. The molecule has 0 saturated heterocycles. The number of aryl methyl sites for hydroxylation is 1. The minimum atomic E-state index is -1.28. The first-order chi connectivity index (χ1) is 10.4. The van der Waals surface area contributed by atoms with E-state index in [2.05, 4.69) is 10.3 Å². The molecule has 2 aromatic heterocycles. The molecular formula is C16H23N3O2S. The molecule has 0 bridgehead atoms. The first-order valence-electron chi connectivity index (χ1n) is 7.47. The van der Waals surface area contributed by atoms with Crippen LogP contribution in [-0.2, 0) is 21.3 Å². The molecule has 0 aromatic carbocycles. The lowest BCUT2D eigenvalue weighted by molar-refractivity contribution is -0.120. The van der Waals surface area contributed by atoms with Gasteiger partial charge in [0.2, 0.25) is 5.91 Å². The Bertz CT molecular complexity index is 694. The second kappa shape index (κ2) is 7.05. The molecule has 0 radical (unpaired) electrons. The zero-order chi connectivity index (χ0) is 16.3. The van der Waals surface area contributed by atoms with E-state index < -0.39 is 16.0 Å². The lowest BCUT2D eigenvalue weighted by Crippen LogP contribution is -2.37. The highest BCUT2D eigenvalue weighted by Crippen LogP contribution is 2.11. The molecule has 0 fully saturated rings. The largest absolute Gasteiger partial charge is 0.355 e. The Balaban J connectivity index is 2.03. The standard InChI is InChI=1S/C16H23N3O2S/c1-11(2)8-17-16(20)13(4)22(21)10-14-9-19-12(3)6-5-7-15(19)18-14/h5-7,9,11,13H,8,10H2,1-4H3,(H,17,20)/t13-,22+/m0/s1. The smallest absolute Gasteiger partial charge is 0.235 e. The average Bonchev–Trinajstić information content (AvgIpc) is 2.87. The van der Waals surface area contributed by atoms with Crippen LogP contribution in [0.2, 0.25) is 0 Å². The summed E-state index contributed by atoms with van der Waals surface area (Å²) in [6.07, 6.45) is 1.89. The average molecular weight is 321 g/mol. The van der Waals surface area contributed by atoms with Crippen molar-refractivity contribution >= 4 is 22.4 Å². The van der Waals surface area contributed by atoms with E-state index in [4.69, 9.17) is 0 Å². The number of carbonyl (C=O) groups is 1. The van der Waals surface area contributed by atoms with E-state index in [1.165, 1.54) is 0 Å². The van der Waals surface area contributed by atoms with Crippen molar-refractivity contribution in [1.29, 1.82) is 0 Å². The summed E-state index contributed by atoms with van der Waals surface area (Å²) in [7, 11) is -1.28. The summed E-state index contributed by atoms with van der Waals surface area (Å²) in [5.41, 5.74) is 2.66. The van der Waals surface area contributed by atoms with Gasteiger partial charge in [0.15, 0.2) is 0 Å². The van der Waals surface area contributed by atoms with Crippen molar-refractivity contribution in [2.75, 3.05) is 6.54 Å². The van der Waals surface area contributed by atoms with Gasteiger partial charge in [-0.25, -0.2) is 4.98 Å². The predicted octanol–water partition coefficient (Wildman–Crippen LogP) is 2.05. The fourth-order valence-corrected chi connectivity index (χ4v) is 3.11. The Morgan fingerprint density at radius 2 is 2.09 bits per heavy atom. The zero-order valence-electron chi connectivity index (χ0n) is 13.5. The molecule has 0 aliphatic heterocycles. The predicted molar refractivity (Wildman–Crippen MR) is 89.1 cm³/mol. The first kappa shape index (κ1) is 16.7. The molecule has 2 rings (SSSR count). The third-order valence-corrected chi connectivity index (χ3v) is 5.07. The quantitative estimate of drug-likeness (QED) is 0.886. The number of fused-ring (bicyclic) bond motifs is 1. The van der Waals surface area contributed by atoms with E-state index in [0.29, 0.717) is 12.5 Å². The van der Waals surface area contributed by atoms with E-state index in [9.17, 15) is 9.00 Å². The van der Waals surface area contributed by atoms with Crippen LogP contribution in [0.3, 0.4) is 0 Å². The number of aromatic nitrogens is 2. The lowest BCUT2D eigenvalue weighted by Gasteiger charge is -2.12. The molecule has 22 heavy (non-hydrogen) atoms. The van der Waals surface area contributed by atoms with Crippen molar-refractivity contribution in [3.8, 4) is 0 Å². The van der Waals surface area contributed by atoms with Crippen LogP contribution in [-0.4, -0.2) is 31.3 Å². The van der Waals surface area contributed by atoms with Gasteiger partial charge in [-0.2, -0.15) is 0 Å². The Morgan fingerprint density at radius 1 is 1.36 bits per heavy atom. The van der Waals surface area contributed by atoms with Gasteiger partial charge in [-0.15, -0.1) is 0 Å². The summed E-state index contributed by atoms with van der Waals surface area (Å²) < 4.78 is 14.3. The number of amides is 1. The second-order valence-electron chi connectivity index (χ2n) is 5.93. The number of nitrogens with one attached hydrogen (secondary N) is 1. The van der Waals surface area contributed by atoms with E-state index in [1.807, 2.05) is 49.6 Å². The Morgan fingerprint density at radius 3 is 2.73 bits per heavy atom. The molecule has 0 saturated carbocycles. The van der Waals surface area contributed by atoms with Crippen LogP contribution in [0.1, 0.15) is 32.2 Å². The molecule has 2 atom stereocenters. The molecule has 1 N–H and O–H groups in total. The van der Waals surface area contributed by atoms with Gasteiger partial charge >= 0.3 is 0 Å². The van der Waals surface area contributed by atoms with Gasteiger partial charge in [-0.1, -0.05) is 19.9 Å². The van der Waals surface area contributed by atoms with Gasteiger partial charge in [-0.05, 0) is 31.9 Å². The Kier molecular flexibility index (Phi) is 5.34. The van der Waals surface area contributed by atoms with Crippen LogP contribution in [0.4, 0.5) is 0 Å². The van der Waals surface area contributed by atoms with Crippen LogP contribution < -0.4 is 5.32 Å². The van der Waals surface area contributed by atoms with Crippen molar-refractivity contribution in [3.63, 3.8) is 0 Å². The maximum atomic E-state index is 12.4. The molecule has 0 aliphatic rings. The van der Waals surface area contributed by atoms with Crippen molar-refractivity contribution in [3.05, 3.63) is 35.8 Å². The zero-order valence-corrected chi connectivity index (χ0v) is 14.3. The van der Waals surface area contributed by atoms with E-state index >= 15 is 0 Å². The van der Waals surface area contributed by atoms with Crippen LogP contribution in [0.25, 0.3) is 5.65 Å². The second-order valence-corrected chi connectivity index (χ2v) is 7.69.